The first-order valence-electron chi connectivity index (χ1n) is 5.49. The summed E-state index contributed by atoms with van der Waals surface area (Å²) in [5.41, 5.74) is 11.0. The highest BCUT2D eigenvalue weighted by Gasteiger charge is 2.06. The topological polar surface area (TPSA) is 26.0 Å². The molecule has 2 heteroatoms. The van der Waals surface area contributed by atoms with Crippen molar-refractivity contribution in [3.05, 3.63) is 45.8 Å². The lowest BCUT2D eigenvalue weighted by molar-refractivity contribution is 1.11. The van der Waals surface area contributed by atoms with Crippen molar-refractivity contribution in [1.82, 2.24) is 0 Å². The minimum absolute atomic E-state index is 0.633. The monoisotopic (exact) mass is 231 g/mol. The van der Waals surface area contributed by atoms with Crippen molar-refractivity contribution < 1.29 is 0 Å². The summed E-state index contributed by atoms with van der Waals surface area (Å²) in [6.07, 6.45) is 0. The molecule has 0 unspecified atom stereocenters. The number of hydrogen-bond acceptors (Lipinski definition) is 2. The van der Waals surface area contributed by atoms with Gasteiger partial charge in [0.25, 0.3) is 0 Å². The zero-order valence-electron chi connectivity index (χ0n) is 10.0. The zero-order valence-corrected chi connectivity index (χ0v) is 10.8. The maximum Gasteiger partial charge on any atom is 0.0348 e. The van der Waals surface area contributed by atoms with Gasteiger partial charge >= 0.3 is 0 Å². The van der Waals surface area contributed by atoms with Crippen LogP contribution in [0, 0.1) is 20.8 Å². The largest absolute Gasteiger partial charge is 0.326 e. The lowest BCUT2D eigenvalue weighted by Crippen LogP contribution is -1.91. The quantitative estimate of drug-likeness (QED) is 0.836. The number of nitrogens with two attached hydrogens (primary N) is 1. The summed E-state index contributed by atoms with van der Waals surface area (Å²) in [6.45, 7) is 7.12. The molecule has 0 amide bonds. The Kier molecular flexibility index (Phi) is 3.13. The van der Waals surface area contributed by atoms with Crippen molar-refractivity contribution in [1.29, 1.82) is 0 Å². The van der Waals surface area contributed by atoms with Crippen LogP contribution in [0.4, 0.5) is 0 Å². The number of thiophene rings is 1. The second kappa shape index (κ2) is 4.40. The molecule has 0 saturated carbocycles. The molecule has 1 aromatic heterocycles. The molecule has 0 fully saturated rings. The number of aryl methyl sites for hydroxylation is 3. The molecule has 0 bridgehead atoms. The lowest BCUT2D eigenvalue weighted by Gasteiger charge is -2.07. The highest BCUT2D eigenvalue weighted by atomic mass is 32.1. The summed E-state index contributed by atoms with van der Waals surface area (Å²) in [5, 5.41) is 0. The van der Waals surface area contributed by atoms with E-state index in [4.69, 9.17) is 5.73 Å². The Morgan fingerprint density at radius 3 is 2.31 bits per heavy atom. The summed E-state index contributed by atoms with van der Waals surface area (Å²) in [6, 6.07) is 8.82. The second-order valence-electron chi connectivity index (χ2n) is 4.22. The predicted octanol–water partition coefficient (Wildman–Crippen LogP) is 3.80. The van der Waals surface area contributed by atoms with Crippen LogP contribution in [0.15, 0.2) is 24.3 Å². The summed E-state index contributed by atoms with van der Waals surface area (Å²) >= 11 is 1.79. The maximum absolute atomic E-state index is 5.64. The summed E-state index contributed by atoms with van der Waals surface area (Å²) < 4.78 is 0. The Morgan fingerprint density at radius 2 is 1.69 bits per heavy atom. The molecule has 2 N–H and O–H groups in total. The van der Waals surface area contributed by atoms with E-state index in [1.54, 1.807) is 11.3 Å². The molecule has 16 heavy (non-hydrogen) atoms. The van der Waals surface area contributed by atoms with Crippen LogP contribution < -0.4 is 5.73 Å². The van der Waals surface area contributed by atoms with Gasteiger partial charge in [0.15, 0.2) is 0 Å². The van der Waals surface area contributed by atoms with Crippen molar-refractivity contribution in [2.24, 2.45) is 5.73 Å². The number of rotatable bonds is 2. The number of hydrogen-bond donors (Lipinski definition) is 1. The third-order valence-corrected chi connectivity index (χ3v) is 4.11. The molecule has 0 spiro atoms. The van der Waals surface area contributed by atoms with Crippen LogP contribution in [0.5, 0.6) is 0 Å². The minimum Gasteiger partial charge on any atom is -0.326 e. The van der Waals surface area contributed by atoms with Crippen LogP contribution in [0.1, 0.15) is 21.6 Å². The zero-order chi connectivity index (χ0) is 11.7. The van der Waals surface area contributed by atoms with Crippen LogP contribution in [-0.2, 0) is 6.54 Å². The second-order valence-corrected chi connectivity index (χ2v) is 5.39. The standard InChI is InChI=1S/C14H17NS/c1-9-6-11(3)13(7-10(9)2)14-5-4-12(8-15)16-14/h4-7H,8,15H2,1-3H3. The first-order valence-corrected chi connectivity index (χ1v) is 6.30. The third-order valence-electron chi connectivity index (χ3n) is 2.97. The van der Waals surface area contributed by atoms with Crippen molar-refractivity contribution >= 4 is 11.3 Å². The van der Waals surface area contributed by atoms with Gasteiger partial charge in [-0.1, -0.05) is 12.1 Å². The van der Waals surface area contributed by atoms with Crippen LogP contribution >= 0.6 is 11.3 Å². The molecule has 2 aromatic rings. The molecule has 0 radical (unpaired) electrons. The Bertz CT molecular complexity index is 511. The van der Waals surface area contributed by atoms with Gasteiger partial charge in [0.2, 0.25) is 0 Å². The Labute approximate surface area is 101 Å². The van der Waals surface area contributed by atoms with Crippen molar-refractivity contribution in [2.45, 2.75) is 27.3 Å². The highest BCUT2D eigenvalue weighted by Crippen LogP contribution is 2.32. The molecule has 1 nitrogen and oxygen atoms in total. The number of benzene rings is 1. The Hall–Kier alpha value is -1.12. The summed E-state index contributed by atoms with van der Waals surface area (Å²) in [5.74, 6) is 0. The first-order chi connectivity index (χ1) is 7.61. The minimum atomic E-state index is 0.633. The normalized spacial score (nSPS) is 10.8. The van der Waals surface area contributed by atoms with E-state index in [0.29, 0.717) is 6.54 Å². The predicted molar refractivity (Wildman–Crippen MR) is 71.9 cm³/mol. The molecule has 0 atom stereocenters. The maximum atomic E-state index is 5.64. The molecular formula is C14H17NS. The molecule has 84 valence electrons. The van der Waals surface area contributed by atoms with E-state index in [1.807, 2.05) is 0 Å². The van der Waals surface area contributed by atoms with E-state index in [2.05, 4.69) is 45.0 Å². The van der Waals surface area contributed by atoms with Gasteiger partial charge in [0.1, 0.15) is 0 Å². The fraction of sp³-hybridized carbons (Fsp3) is 0.286. The van der Waals surface area contributed by atoms with Gasteiger partial charge in [0.05, 0.1) is 0 Å². The van der Waals surface area contributed by atoms with Gasteiger partial charge in [-0.05, 0) is 55.2 Å². The van der Waals surface area contributed by atoms with Gasteiger partial charge in [-0.15, -0.1) is 11.3 Å². The molecular weight excluding hydrogens is 214 g/mol. The van der Waals surface area contributed by atoms with Crippen LogP contribution in [0.3, 0.4) is 0 Å². The van der Waals surface area contributed by atoms with E-state index >= 15 is 0 Å². The fourth-order valence-electron chi connectivity index (χ4n) is 1.86. The Morgan fingerprint density at radius 1 is 1.00 bits per heavy atom. The smallest absolute Gasteiger partial charge is 0.0348 e. The van der Waals surface area contributed by atoms with E-state index in [1.165, 1.54) is 32.0 Å². The van der Waals surface area contributed by atoms with Crippen molar-refractivity contribution in [3.63, 3.8) is 0 Å². The lowest BCUT2D eigenvalue weighted by atomic mass is 10.00. The molecule has 0 aliphatic rings. The SMILES string of the molecule is Cc1cc(C)c(-c2ccc(CN)s2)cc1C. The average molecular weight is 231 g/mol. The molecule has 1 heterocycles. The van der Waals surface area contributed by atoms with Gasteiger partial charge in [-0.25, -0.2) is 0 Å². The van der Waals surface area contributed by atoms with Gasteiger partial charge < -0.3 is 5.73 Å². The van der Waals surface area contributed by atoms with Crippen molar-refractivity contribution in [2.75, 3.05) is 0 Å². The van der Waals surface area contributed by atoms with E-state index in [9.17, 15) is 0 Å². The molecule has 0 aliphatic heterocycles. The Balaban J connectivity index is 2.51. The van der Waals surface area contributed by atoms with E-state index in [0.717, 1.165) is 0 Å². The summed E-state index contributed by atoms with van der Waals surface area (Å²) in [4.78, 5) is 2.56. The fourth-order valence-corrected chi connectivity index (χ4v) is 2.83. The van der Waals surface area contributed by atoms with Gasteiger partial charge in [-0.2, -0.15) is 0 Å². The molecule has 0 saturated heterocycles. The molecule has 1 aromatic carbocycles. The van der Waals surface area contributed by atoms with Crippen LogP contribution in [0.2, 0.25) is 0 Å². The van der Waals surface area contributed by atoms with Gasteiger partial charge in [-0.3, -0.25) is 0 Å². The van der Waals surface area contributed by atoms with Gasteiger partial charge in [0, 0.05) is 16.3 Å². The van der Waals surface area contributed by atoms with Crippen molar-refractivity contribution in [3.8, 4) is 10.4 Å². The van der Waals surface area contributed by atoms with Crippen LogP contribution in [-0.4, -0.2) is 0 Å². The van der Waals surface area contributed by atoms with Crippen LogP contribution in [0.25, 0.3) is 10.4 Å². The highest BCUT2D eigenvalue weighted by molar-refractivity contribution is 7.15. The molecule has 2 rings (SSSR count). The van der Waals surface area contributed by atoms with E-state index in [-0.39, 0.29) is 0 Å². The molecule has 0 aliphatic carbocycles. The third kappa shape index (κ3) is 2.04. The first kappa shape index (κ1) is 11.4. The summed E-state index contributed by atoms with van der Waals surface area (Å²) in [7, 11) is 0. The van der Waals surface area contributed by atoms with E-state index < -0.39 is 0 Å². The average Bonchev–Trinajstić information content (AvgIpc) is 2.71.